The van der Waals surface area contributed by atoms with Crippen molar-refractivity contribution in [3.8, 4) is 10.7 Å². The maximum atomic E-state index is 12.7. The van der Waals surface area contributed by atoms with Crippen LogP contribution in [0.5, 0.6) is 0 Å². The smallest absolute Gasteiger partial charge is 0.265 e. The van der Waals surface area contributed by atoms with E-state index in [1.165, 1.54) is 16.9 Å². The molecular weight excluding hydrogens is 378 g/mol. The first kappa shape index (κ1) is 19.4. The molecule has 2 aromatic heterocycles. The minimum Gasteiger partial charge on any atom is -0.323 e. The fourth-order valence-electron chi connectivity index (χ4n) is 3.44. The quantitative estimate of drug-likeness (QED) is 0.397. The van der Waals surface area contributed by atoms with Crippen molar-refractivity contribution in [2.45, 2.75) is 39.7 Å². The summed E-state index contributed by atoms with van der Waals surface area (Å²) in [7, 11) is 0. The van der Waals surface area contributed by atoms with Gasteiger partial charge in [0.05, 0.1) is 20.8 Å². The first-order valence-electron chi connectivity index (χ1n) is 10.0. The molecule has 2 aromatic carbocycles. The van der Waals surface area contributed by atoms with Crippen molar-refractivity contribution in [2.75, 3.05) is 5.32 Å². The largest absolute Gasteiger partial charge is 0.323 e. The first-order chi connectivity index (χ1) is 14.1. The number of hydrogen-bond acceptors (Lipinski definition) is 3. The van der Waals surface area contributed by atoms with E-state index in [0.717, 1.165) is 40.4 Å². The normalized spacial score (nSPS) is 11.3. The van der Waals surface area contributed by atoms with Crippen LogP contribution in [0.15, 0.2) is 60.7 Å². The molecule has 1 amide bonds. The molecule has 0 fully saturated rings. The number of para-hydroxylation sites is 2. The van der Waals surface area contributed by atoms with Crippen molar-refractivity contribution in [1.82, 2.24) is 9.55 Å². The Morgan fingerprint density at radius 2 is 1.83 bits per heavy atom. The molecular formula is C24H25N3OS. The molecule has 0 bridgehead atoms. The number of aromatic nitrogens is 2. The lowest BCUT2D eigenvalue weighted by Gasteiger charge is -2.08. The van der Waals surface area contributed by atoms with E-state index in [4.69, 9.17) is 4.98 Å². The number of fused-ring (bicyclic) bond motifs is 1. The summed E-state index contributed by atoms with van der Waals surface area (Å²) in [6, 6.07) is 20.1. The van der Waals surface area contributed by atoms with Gasteiger partial charge in [0.2, 0.25) is 0 Å². The second-order valence-electron chi connectivity index (χ2n) is 7.47. The van der Waals surface area contributed by atoms with Gasteiger partial charge in [-0.05, 0) is 54.3 Å². The molecule has 0 atom stereocenters. The number of nitrogens with one attached hydrogen (secondary N) is 1. The maximum Gasteiger partial charge on any atom is 0.265 e. The maximum absolute atomic E-state index is 12.7. The van der Waals surface area contributed by atoms with Gasteiger partial charge in [0.15, 0.2) is 5.82 Å². The van der Waals surface area contributed by atoms with Crippen molar-refractivity contribution in [1.29, 1.82) is 0 Å². The minimum absolute atomic E-state index is 0.0864. The molecule has 0 unspecified atom stereocenters. The fourth-order valence-corrected chi connectivity index (χ4v) is 4.34. The van der Waals surface area contributed by atoms with Crippen molar-refractivity contribution >= 4 is 34.0 Å². The van der Waals surface area contributed by atoms with Gasteiger partial charge >= 0.3 is 0 Å². The van der Waals surface area contributed by atoms with Crippen molar-refractivity contribution in [3.63, 3.8) is 0 Å². The Hall–Kier alpha value is -2.92. The molecule has 5 heteroatoms. The van der Waals surface area contributed by atoms with Crippen LogP contribution in [-0.4, -0.2) is 15.5 Å². The molecule has 0 aliphatic rings. The van der Waals surface area contributed by atoms with Crippen LogP contribution in [0.2, 0.25) is 0 Å². The summed E-state index contributed by atoms with van der Waals surface area (Å²) in [4.78, 5) is 19.3. The average molecular weight is 404 g/mol. The van der Waals surface area contributed by atoms with Crippen LogP contribution < -0.4 is 5.32 Å². The molecule has 0 saturated heterocycles. The Labute approximate surface area is 175 Å². The molecule has 148 valence electrons. The van der Waals surface area contributed by atoms with E-state index in [9.17, 15) is 4.79 Å². The number of carbonyl (C=O) groups is 1. The van der Waals surface area contributed by atoms with Gasteiger partial charge in [0, 0.05) is 12.2 Å². The Kier molecular flexibility index (Phi) is 5.49. The lowest BCUT2D eigenvalue weighted by molar-refractivity contribution is 0.103. The molecule has 0 spiro atoms. The Balaban J connectivity index is 1.59. The summed E-state index contributed by atoms with van der Waals surface area (Å²) in [6.07, 6.45) is 1.03. The van der Waals surface area contributed by atoms with Gasteiger partial charge in [-0.1, -0.05) is 45.0 Å². The average Bonchev–Trinajstić information content (AvgIpc) is 3.34. The molecule has 4 nitrogen and oxygen atoms in total. The monoisotopic (exact) mass is 403 g/mol. The Bertz CT molecular complexity index is 1140. The topological polar surface area (TPSA) is 46.9 Å². The number of amides is 1. The highest BCUT2D eigenvalue weighted by Crippen LogP contribution is 2.31. The fraction of sp³-hybridized carbons (Fsp3) is 0.250. The molecule has 29 heavy (non-hydrogen) atoms. The molecule has 1 N–H and O–H groups in total. The first-order valence-corrected chi connectivity index (χ1v) is 10.8. The summed E-state index contributed by atoms with van der Waals surface area (Å²) < 4.78 is 2.24. The SMILES string of the molecule is CCCn1c(-c2ccc(C(=O)Nc3ccc(C(C)C)cc3)s2)nc2ccccc21. The summed E-state index contributed by atoms with van der Waals surface area (Å²) >= 11 is 1.48. The lowest BCUT2D eigenvalue weighted by Crippen LogP contribution is -2.10. The standard InChI is InChI=1S/C24H25N3OS/c1-4-15-27-20-8-6-5-7-19(20)26-23(27)21-13-14-22(29-21)24(28)25-18-11-9-17(10-12-18)16(2)3/h5-14,16H,4,15H2,1-3H3,(H,25,28). The van der Waals surface area contributed by atoms with Crippen LogP contribution >= 0.6 is 11.3 Å². The van der Waals surface area contributed by atoms with Crippen LogP contribution in [0.3, 0.4) is 0 Å². The highest BCUT2D eigenvalue weighted by atomic mass is 32.1. The van der Waals surface area contributed by atoms with E-state index in [-0.39, 0.29) is 5.91 Å². The minimum atomic E-state index is -0.0864. The summed E-state index contributed by atoms with van der Waals surface area (Å²) in [5.41, 5.74) is 4.19. The number of benzene rings is 2. The van der Waals surface area contributed by atoms with E-state index in [0.29, 0.717) is 10.8 Å². The highest BCUT2D eigenvalue weighted by Gasteiger charge is 2.16. The molecule has 0 aliphatic heterocycles. The van der Waals surface area contributed by atoms with Crippen LogP contribution in [-0.2, 0) is 6.54 Å². The van der Waals surface area contributed by atoms with Gasteiger partial charge in [-0.15, -0.1) is 11.3 Å². The summed E-state index contributed by atoms with van der Waals surface area (Å²) in [6.45, 7) is 7.38. The molecule has 0 radical (unpaired) electrons. The number of thiophene rings is 1. The summed E-state index contributed by atoms with van der Waals surface area (Å²) in [5, 5.41) is 3.00. The number of rotatable bonds is 6. The predicted molar refractivity (Wildman–Crippen MR) is 122 cm³/mol. The van der Waals surface area contributed by atoms with E-state index in [1.807, 2.05) is 42.5 Å². The third-order valence-corrected chi connectivity index (χ3v) is 6.07. The number of carbonyl (C=O) groups excluding carboxylic acids is 1. The Morgan fingerprint density at radius 1 is 1.07 bits per heavy atom. The lowest BCUT2D eigenvalue weighted by atomic mass is 10.0. The van der Waals surface area contributed by atoms with Gasteiger partial charge in [0.25, 0.3) is 5.91 Å². The van der Waals surface area contributed by atoms with E-state index >= 15 is 0 Å². The molecule has 0 saturated carbocycles. The number of hydrogen-bond donors (Lipinski definition) is 1. The van der Waals surface area contributed by atoms with E-state index in [1.54, 1.807) is 0 Å². The highest BCUT2D eigenvalue weighted by molar-refractivity contribution is 7.17. The summed E-state index contributed by atoms with van der Waals surface area (Å²) in [5.74, 6) is 1.32. The number of aryl methyl sites for hydroxylation is 1. The Morgan fingerprint density at radius 3 is 2.55 bits per heavy atom. The number of nitrogens with zero attached hydrogens (tertiary/aromatic N) is 2. The number of anilines is 1. The van der Waals surface area contributed by atoms with Crippen LogP contribution in [0.1, 0.15) is 48.3 Å². The van der Waals surface area contributed by atoms with E-state index < -0.39 is 0 Å². The van der Waals surface area contributed by atoms with Gasteiger partial charge in [0.1, 0.15) is 0 Å². The third-order valence-electron chi connectivity index (χ3n) is 4.99. The van der Waals surface area contributed by atoms with Gasteiger partial charge in [-0.25, -0.2) is 4.98 Å². The van der Waals surface area contributed by atoms with Crippen molar-refractivity contribution < 1.29 is 4.79 Å². The predicted octanol–water partition coefficient (Wildman–Crippen LogP) is 6.55. The van der Waals surface area contributed by atoms with Crippen molar-refractivity contribution in [3.05, 3.63) is 71.1 Å². The van der Waals surface area contributed by atoms with Gasteiger partial charge in [-0.2, -0.15) is 0 Å². The third kappa shape index (κ3) is 3.96. The van der Waals surface area contributed by atoms with Crippen LogP contribution in [0.25, 0.3) is 21.7 Å². The van der Waals surface area contributed by atoms with Gasteiger partial charge < -0.3 is 9.88 Å². The zero-order valence-corrected chi connectivity index (χ0v) is 17.8. The second-order valence-corrected chi connectivity index (χ2v) is 8.55. The van der Waals surface area contributed by atoms with Crippen LogP contribution in [0.4, 0.5) is 5.69 Å². The van der Waals surface area contributed by atoms with Crippen LogP contribution in [0, 0.1) is 0 Å². The van der Waals surface area contributed by atoms with Crippen molar-refractivity contribution in [2.24, 2.45) is 0 Å². The van der Waals surface area contributed by atoms with Gasteiger partial charge in [-0.3, -0.25) is 4.79 Å². The zero-order chi connectivity index (χ0) is 20.4. The number of imidazole rings is 1. The van der Waals surface area contributed by atoms with E-state index in [2.05, 4.69) is 48.9 Å². The molecule has 4 aromatic rings. The zero-order valence-electron chi connectivity index (χ0n) is 17.0. The molecule has 4 rings (SSSR count). The molecule has 2 heterocycles. The second kappa shape index (κ2) is 8.21. The molecule has 0 aliphatic carbocycles.